The van der Waals surface area contributed by atoms with Crippen molar-refractivity contribution in [2.75, 3.05) is 20.2 Å². The molecule has 184 valence electrons. The summed E-state index contributed by atoms with van der Waals surface area (Å²) in [5.41, 5.74) is 1.93. The van der Waals surface area contributed by atoms with Crippen molar-refractivity contribution in [3.05, 3.63) is 65.5 Å². The predicted octanol–water partition coefficient (Wildman–Crippen LogP) is 2.81. The zero-order valence-corrected chi connectivity index (χ0v) is 20.3. The number of hydrogen-bond donors (Lipinski definition) is 0. The smallest absolute Gasteiger partial charge is 0.317 e. The molecule has 0 bridgehead atoms. The lowest BCUT2D eigenvalue weighted by Gasteiger charge is -2.43. The molecule has 9 nitrogen and oxygen atoms in total. The maximum atomic E-state index is 13.4. The summed E-state index contributed by atoms with van der Waals surface area (Å²) >= 11 is 0. The molecular weight excluding hydrogens is 473 g/mol. The Balaban J connectivity index is 1.51. The van der Waals surface area contributed by atoms with E-state index in [1.807, 2.05) is 13.0 Å². The first-order valence-corrected chi connectivity index (χ1v) is 12.9. The van der Waals surface area contributed by atoms with Crippen molar-refractivity contribution >= 4 is 22.1 Å². The molecule has 3 heterocycles. The quantitative estimate of drug-likeness (QED) is 0.484. The van der Waals surface area contributed by atoms with Gasteiger partial charge >= 0.3 is 5.97 Å². The van der Waals surface area contributed by atoms with Gasteiger partial charge < -0.3 is 4.74 Å². The van der Waals surface area contributed by atoms with Gasteiger partial charge in [0.2, 0.25) is 10.0 Å². The Labute approximate surface area is 202 Å². The molecule has 0 amide bonds. The van der Waals surface area contributed by atoms with Gasteiger partial charge in [0.25, 0.3) is 0 Å². The molecule has 2 aliphatic rings. The molecule has 1 aliphatic carbocycles. The molecule has 1 aliphatic heterocycles. The van der Waals surface area contributed by atoms with Crippen LogP contribution in [-0.4, -0.2) is 58.5 Å². The van der Waals surface area contributed by atoms with Crippen molar-refractivity contribution in [2.45, 2.75) is 37.6 Å². The van der Waals surface area contributed by atoms with Crippen LogP contribution in [0.4, 0.5) is 4.39 Å². The van der Waals surface area contributed by atoms with Crippen LogP contribution in [0.3, 0.4) is 0 Å². The Morgan fingerprint density at radius 1 is 1.20 bits per heavy atom. The maximum Gasteiger partial charge on any atom is 0.317 e. The fourth-order valence-electron chi connectivity index (χ4n) is 4.95. The minimum Gasteiger partial charge on any atom is -0.468 e. The maximum absolute atomic E-state index is 13.4. The fraction of sp³-hybridized carbons (Fsp3) is 0.375. The van der Waals surface area contributed by atoms with Crippen LogP contribution in [0.15, 0.2) is 53.3 Å². The van der Waals surface area contributed by atoms with Crippen LogP contribution >= 0.6 is 0 Å². The number of benzene rings is 1. The number of hydrogen-bond acceptors (Lipinski definition) is 6. The van der Waals surface area contributed by atoms with Gasteiger partial charge in [-0.1, -0.05) is 6.92 Å². The molecule has 3 aromatic rings. The topological polar surface area (TPSA) is 99.3 Å². The summed E-state index contributed by atoms with van der Waals surface area (Å²) in [5.74, 6) is -0.822. The first kappa shape index (κ1) is 23.4. The second-order valence-electron chi connectivity index (χ2n) is 8.89. The minimum absolute atomic E-state index is 0.0338. The molecule has 0 radical (unpaired) electrons. The van der Waals surface area contributed by atoms with Crippen LogP contribution in [0.25, 0.3) is 11.8 Å². The van der Waals surface area contributed by atoms with Crippen molar-refractivity contribution < 1.29 is 22.3 Å². The van der Waals surface area contributed by atoms with E-state index in [1.54, 1.807) is 27.7 Å². The number of aromatic nitrogens is 4. The van der Waals surface area contributed by atoms with Crippen LogP contribution in [0.2, 0.25) is 0 Å². The molecule has 1 fully saturated rings. The van der Waals surface area contributed by atoms with Gasteiger partial charge in [0, 0.05) is 25.8 Å². The number of piperidine rings is 1. The lowest BCUT2D eigenvalue weighted by Crippen LogP contribution is -2.53. The van der Waals surface area contributed by atoms with Crippen LogP contribution in [0.1, 0.15) is 31.0 Å². The summed E-state index contributed by atoms with van der Waals surface area (Å²) in [6, 6.07) is 6.00. The highest BCUT2D eigenvalue weighted by Gasteiger charge is 2.52. The molecule has 1 aromatic carbocycles. The molecule has 2 aromatic heterocycles. The molecule has 11 heteroatoms. The zero-order valence-electron chi connectivity index (χ0n) is 19.5. The number of aryl methyl sites for hydroxylation is 1. The van der Waals surface area contributed by atoms with E-state index in [2.05, 4.69) is 10.2 Å². The number of carbonyl (C=O) groups is 1. The van der Waals surface area contributed by atoms with Gasteiger partial charge in [0.15, 0.2) is 0 Å². The Kier molecular flexibility index (Phi) is 5.84. The number of esters is 1. The van der Waals surface area contributed by atoms with Crippen LogP contribution < -0.4 is 0 Å². The molecule has 0 spiro atoms. The molecule has 5 rings (SSSR count). The molecule has 1 saturated heterocycles. The number of methoxy groups -OCH3 is 1. The summed E-state index contributed by atoms with van der Waals surface area (Å²) in [7, 11) is -2.54. The lowest BCUT2D eigenvalue weighted by molar-refractivity contribution is -0.151. The van der Waals surface area contributed by atoms with E-state index in [-0.39, 0.29) is 30.2 Å². The van der Waals surface area contributed by atoms with E-state index in [1.165, 1.54) is 35.9 Å². The molecular formula is C24H26FN5O4S. The lowest BCUT2D eigenvalue weighted by atomic mass is 9.69. The fourth-order valence-corrected chi connectivity index (χ4v) is 6.41. The molecule has 0 saturated carbocycles. The first-order chi connectivity index (χ1) is 16.8. The SMILES string of the molecule is CCCn1cc(S(=O)(=O)N2CCC3=Cc4c(cnn4-c4ccc(F)cc4)C[C@]3(C(=O)OC)C2)cn1. The van der Waals surface area contributed by atoms with Crippen molar-refractivity contribution in [1.82, 2.24) is 23.9 Å². The molecule has 35 heavy (non-hydrogen) atoms. The van der Waals surface area contributed by atoms with Gasteiger partial charge in [-0.3, -0.25) is 9.48 Å². The van der Waals surface area contributed by atoms with Gasteiger partial charge in [-0.2, -0.15) is 14.5 Å². The van der Waals surface area contributed by atoms with E-state index in [9.17, 15) is 17.6 Å². The number of fused-ring (bicyclic) bond motifs is 2. The summed E-state index contributed by atoms with van der Waals surface area (Å²) in [4.78, 5) is 13.3. The monoisotopic (exact) mass is 499 g/mol. The van der Waals surface area contributed by atoms with Crippen molar-refractivity contribution in [2.24, 2.45) is 5.41 Å². The largest absolute Gasteiger partial charge is 0.468 e. The normalized spacial score (nSPS) is 20.1. The highest BCUT2D eigenvalue weighted by atomic mass is 32.2. The third-order valence-electron chi connectivity index (χ3n) is 6.73. The van der Waals surface area contributed by atoms with E-state index in [4.69, 9.17) is 4.74 Å². The molecule has 1 atom stereocenters. The van der Waals surface area contributed by atoms with Gasteiger partial charge in [-0.05, 0) is 60.7 Å². The summed E-state index contributed by atoms with van der Waals surface area (Å²) in [6.07, 6.45) is 7.90. The summed E-state index contributed by atoms with van der Waals surface area (Å²) in [5, 5.41) is 8.62. The third-order valence-corrected chi connectivity index (χ3v) is 8.53. The van der Waals surface area contributed by atoms with Crippen molar-refractivity contribution in [1.29, 1.82) is 0 Å². The molecule has 0 N–H and O–H groups in total. The Bertz CT molecular complexity index is 1410. The molecule has 0 unspecified atom stereocenters. The highest BCUT2D eigenvalue weighted by Crippen LogP contribution is 2.46. The standard InChI is InChI=1S/C24H26FN5O4S/c1-3-9-28-15-21(14-26-28)35(32,33)29-10-8-18-11-22-17(12-24(18,16-29)23(31)34-2)13-27-30(22)20-6-4-19(25)5-7-20/h4-7,11,13-15H,3,8-10,12,16H2,1-2H3/t24-/m0/s1. The third kappa shape index (κ3) is 3.88. The van der Waals surface area contributed by atoms with Crippen molar-refractivity contribution in [3.63, 3.8) is 0 Å². The second kappa shape index (κ2) is 8.72. The minimum atomic E-state index is -3.85. The number of nitrogens with zero attached hydrogens (tertiary/aromatic N) is 5. The van der Waals surface area contributed by atoms with E-state index in [0.717, 1.165) is 23.3 Å². The number of sulfonamides is 1. The average molecular weight is 500 g/mol. The predicted molar refractivity (Wildman–Crippen MR) is 126 cm³/mol. The van der Waals surface area contributed by atoms with Gasteiger partial charge in [0.1, 0.15) is 16.1 Å². The van der Waals surface area contributed by atoms with E-state index in [0.29, 0.717) is 18.7 Å². The Hall–Kier alpha value is -3.31. The van der Waals surface area contributed by atoms with E-state index < -0.39 is 21.4 Å². The summed E-state index contributed by atoms with van der Waals surface area (Å²) < 4.78 is 50.2. The second-order valence-corrected chi connectivity index (χ2v) is 10.8. The van der Waals surface area contributed by atoms with Gasteiger partial charge in [0.05, 0.1) is 30.9 Å². The summed E-state index contributed by atoms with van der Waals surface area (Å²) in [6.45, 7) is 2.80. The van der Waals surface area contributed by atoms with Crippen LogP contribution in [0.5, 0.6) is 0 Å². The highest BCUT2D eigenvalue weighted by molar-refractivity contribution is 7.89. The number of ether oxygens (including phenoxy) is 1. The number of carbonyl (C=O) groups excluding carboxylic acids is 1. The van der Waals surface area contributed by atoms with Crippen LogP contribution in [0, 0.1) is 11.2 Å². The number of rotatable bonds is 6. The van der Waals surface area contributed by atoms with Gasteiger partial charge in [-0.25, -0.2) is 17.5 Å². The Morgan fingerprint density at radius 2 is 1.97 bits per heavy atom. The Morgan fingerprint density at radius 3 is 2.69 bits per heavy atom. The van der Waals surface area contributed by atoms with Crippen molar-refractivity contribution in [3.8, 4) is 5.69 Å². The van der Waals surface area contributed by atoms with E-state index >= 15 is 0 Å². The average Bonchev–Trinajstić information content (AvgIpc) is 3.49. The first-order valence-electron chi connectivity index (χ1n) is 11.4. The van der Waals surface area contributed by atoms with Gasteiger partial charge in [-0.15, -0.1) is 0 Å². The number of halogens is 1. The van der Waals surface area contributed by atoms with Crippen LogP contribution in [-0.2, 0) is 32.5 Å². The zero-order chi connectivity index (χ0) is 24.8.